The third kappa shape index (κ3) is 5.33. The van der Waals surface area contributed by atoms with Crippen LogP contribution in [0.25, 0.3) is 0 Å². The number of nitrogens with one attached hydrogen (secondary N) is 1. The summed E-state index contributed by atoms with van der Waals surface area (Å²) >= 11 is 3.57. The van der Waals surface area contributed by atoms with Gasteiger partial charge in [-0.2, -0.15) is 0 Å². The first kappa shape index (κ1) is 17.3. The van der Waals surface area contributed by atoms with E-state index in [0.717, 1.165) is 28.9 Å². The van der Waals surface area contributed by atoms with Crippen molar-refractivity contribution in [1.82, 2.24) is 5.32 Å². The van der Waals surface area contributed by atoms with Crippen LogP contribution in [0.5, 0.6) is 11.5 Å². The van der Waals surface area contributed by atoms with Crippen LogP contribution in [0, 0.1) is 0 Å². The molecule has 1 N–H and O–H groups in total. The molecule has 0 aromatic heterocycles. The van der Waals surface area contributed by atoms with Gasteiger partial charge in [-0.15, -0.1) is 0 Å². The van der Waals surface area contributed by atoms with Crippen molar-refractivity contribution in [2.75, 3.05) is 13.7 Å². The number of methoxy groups -OCH3 is 1. The molecule has 0 aliphatic heterocycles. The molecule has 3 nitrogen and oxygen atoms in total. The summed E-state index contributed by atoms with van der Waals surface area (Å²) in [4.78, 5) is 0. The van der Waals surface area contributed by atoms with Crippen LogP contribution in [-0.2, 0) is 6.54 Å². The zero-order valence-electron chi connectivity index (χ0n) is 13.0. The van der Waals surface area contributed by atoms with E-state index in [4.69, 9.17) is 9.47 Å². The van der Waals surface area contributed by atoms with Crippen molar-refractivity contribution >= 4 is 15.9 Å². The quantitative estimate of drug-likeness (QED) is 0.714. The molecule has 114 valence electrons. The summed E-state index contributed by atoms with van der Waals surface area (Å²) < 4.78 is 12.1. The van der Waals surface area contributed by atoms with Crippen LogP contribution in [0.1, 0.15) is 45.6 Å². The molecular formula is C16H26BrNO2. The Labute approximate surface area is 131 Å². The molecule has 0 amide bonds. The van der Waals surface area contributed by atoms with Crippen molar-refractivity contribution in [2.24, 2.45) is 0 Å². The summed E-state index contributed by atoms with van der Waals surface area (Å²) in [5.41, 5.74) is 1.19. The van der Waals surface area contributed by atoms with Crippen LogP contribution in [-0.4, -0.2) is 19.8 Å². The van der Waals surface area contributed by atoms with Gasteiger partial charge < -0.3 is 14.8 Å². The predicted molar refractivity (Wildman–Crippen MR) is 87.7 cm³/mol. The average molecular weight is 344 g/mol. The lowest BCUT2D eigenvalue weighted by Gasteiger charge is -2.16. The topological polar surface area (TPSA) is 30.5 Å². The van der Waals surface area contributed by atoms with Gasteiger partial charge in [-0.1, -0.05) is 20.3 Å². The molecular weight excluding hydrogens is 318 g/mol. The molecule has 1 aromatic rings. The molecule has 0 fully saturated rings. The molecule has 20 heavy (non-hydrogen) atoms. The number of ether oxygens (including phenoxy) is 2. The Morgan fingerprint density at radius 1 is 1.25 bits per heavy atom. The number of hydrogen-bond acceptors (Lipinski definition) is 3. The zero-order chi connectivity index (χ0) is 15.0. The largest absolute Gasteiger partial charge is 0.493 e. The Balaban J connectivity index is 2.76. The third-order valence-electron chi connectivity index (χ3n) is 3.12. The normalized spacial score (nSPS) is 12.2. The average Bonchev–Trinajstić information content (AvgIpc) is 2.43. The first-order valence-corrected chi connectivity index (χ1v) is 8.14. The number of benzene rings is 1. The molecule has 0 aliphatic carbocycles. The van der Waals surface area contributed by atoms with Crippen molar-refractivity contribution in [3.8, 4) is 11.5 Å². The van der Waals surface area contributed by atoms with Crippen molar-refractivity contribution in [1.29, 1.82) is 0 Å². The maximum absolute atomic E-state index is 5.73. The molecule has 0 spiro atoms. The highest BCUT2D eigenvalue weighted by molar-refractivity contribution is 9.10. The van der Waals surface area contributed by atoms with Gasteiger partial charge in [0, 0.05) is 12.6 Å². The predicted octanol–water partition coefficient (Wildman–Crippen LogP) is 4.52. The summed E-state index contributed by atoms with van der Waals surface area (Å²) in [6, 6.07) is 4.67. The van der Waals surface area contributed by atoms with Gasteiger partial charge in [-0.25, -0.2) is 0 Å². The third-order valence-corrected chi connectivity index (χ3v) is 3.71. The molecule has 0 heterocycles. The highest BCUT2D eigenvalue weighted by atomic mass is 79.9. The van der Waals surface area contributed by atoms with Crippen molar-refractivity contribution < 1.29 is 9.47 Å². The van der Waals surface area contributed by atoms with Crippen LogP contribution in [0.2, 0.25) is 0 Å². The summed E-state index contributed by atoms with van der Waals surface area (Å²) in [6.07, 6.45) is 3.37. The lowest BCUT2D eigenvalue weighted by molar-refractivity contribution is 0.292. The molecule has 1 rings (SSSR count). The van der Waals surface area contributed by atoms with E-state index in [0.29, 0.717) is 12.6 Å². The second-order valence-corrected chi connectivity index (χ2v) is 5.88. The van der Waals surface area contributed by atoms with E-state index in [1.807, 2.05) is 6.07 Å². The van der Waals surface area contributed by atoms with Gasteiger partial charge in [-0.3, -0.25) is 0 Å². The number of halogens is 1. The van der Waals surface area contributed by atoms with E-state index in [9.17, 15) is 0 Å². The van der Waals surface area contributed by atoms with E-state index in [2.05, 4.69) is 48.1 Å². The van der Waals surface area contributed by atoms with Gasteiger partial charge in [-0.05, 0) is 53.4 Å². The van der Waals surface area contributed by atoms with Crippen LogP contribution >= 0.6 is 15.9 Å². The molecule has 0 saturated heterocycles. The van der Waals surface area contributed by atoms with E-state index in [-0.39, 0.29) is 0 Å². The first-order chi connectivity index (χ1) is 9.62. The minimum absolute atomic E-state index is 0.529. The molecule has 1 aromatic carbocycles. The van der Waals surface area contributed by atoms with Crippen LogP contribution in [0.3, 0.4) is 0 Å². The Kier molecular flexibility index (Phi) is 8.00. The maximum atomic E-state index is 5.73. The second-order valence-electron chi connectivity index (χ2n) is 5.03. The van der Waals surface area contributed by atoms with Crippen LogP contribution in [0.15, 0.2) is 16.6 Å². The molecule has 0 aliphatic rings. The minimum Gasteiger partial charge on any atom is -0.493 e. The molecule has 0 radical (unpaired) electrons. The Hall–Kier alpha value is -0.740. The Bertz CT molecular complexity index is 410. The Morgan fingerprint density at radius 3 is 2.60 bits per heavy atom. The lowest BCUT2D eigenvalue weighted by Crippen LogP contribution is -2.25. The highest BCUT2D eigenvalue weighted by Crippen LogP contribution is 2.36. The fourth-order valence-corrected chi connectivity index (χ4v) is 2.65. The zero-order valence-corrected chi connectivity index (χ0v) is 14.5. The smallest absolute Gasteiger partial charge is 0.175 e. The van der Waals surface area contributed by atoms with Gasteiger partial charge >= 0.3 is 0 Å². The van der Waals surface area contributed by atoms with E-state index < -0.39 is 0 Å². The molecule has 0 saturated carbocycles. The van der Waals surface area contributed by atoms with Gasteiger partial charge in [0.05, 0.1) is 18.2 Å². The summed E-state index contributed by atoms with van der Waals surface area (Å²) in [5.74, 6) is 1.58. The lowest BCUT2D eigenvalue weighted by atomic mass is 10.1. The van der Waals surface area contributed by atoms with Crippen molar-refractivity contribution in [3.05, 3.63) is 22.2 Å². The summed E-state index contributed by atoms with van der Waals surface area (Å²) in [7, 11) is 1.68. The molecule has 4 heteroatoms. The highest BCUT2D eigenvalue weighted by Gasteiger charge is 2.12. The minimum atomic E-state index is 0.529. The molecule has 1 unspecified atom stereocenters. The standard InChI is InChI=1S/C16H26BrNO2/c1-5-7-12(3)18-11-13-9-14(17)16(20-8-6-2)15(10-13)19-4/h9-10,12,18H,5-8,11H2,1-4H3. The maximum Gasteiger partial charge on any atom is 0.175 e. The van der Waals surface area contributed by atoms with Gasteiger partial charge in [0.25, 0.3) is 0 Å². The summed E-state index contributed by atoms with van der Waals surface area (Å²) in [5, 5.41) is 3.52. The van der Waals surface area contributed by atoms with Crippen molar-refractivity contribution in [2.45, 2.75) is 52.6 Å². The fraction of sp³-hybridized carbons (Fsp3) is 0.625. The van der Waals surface area contributed by atoms with Crippen molar-refractivity contribution in [3.63, 3.8) is 0 Å². The fourth-order valence-electron chi connectivity index (χ4n) is 2.05. The summed E-state index contributed by atoms with van der Waals surface area (Å²) in [6.45, 7) is 8.05. The van der Waals surface area contributed by atoms with E-state index >= 15 is 0 Å². The van der Waals surface area contributed by atoms with Gasteiger partial charge in [0.1, 0.15) is 0 Å². The number of rotatable bonds is 9. The van der Waals surface area contributed by atoms with Gasteiger partial charge in [0.15, 0.2) is 11.5 Å². The molecule has 1 atom stereocenters. The van der Waals surface area contributed by atoms with Crippen LogP contribution < -0.4 is 14.8 Å². The first-order valence-electron chi connectivity index (χ1n) is 7.34. The van der Waals surface area contributed by atoms with Crippen LogP contribution in [0.4, 0.5) is 0 Å². The molecule has 0 bridgehead atoms. The van der Waals surface area contributed by atoms with E-state index in [1.165, 1.54) is 18.4 Å². The van der Waals surface area contributed by atoms with E-state index in [1.54, 1.807) is 7.11 Å². The van der Waals surface area contributed by atoms with Gasteiger partial charge in [0.2, 0.25) is 0 Å². The monoisotopic (exact) mass is 343 g/mol. The SMILES string of the molecule is CCCOc1c(Br)cc(CNC(C)CCC)cc1OC. The Morgan fingerprint density at radius 2 is 2.00 bits per heavy atom. The number of hydrogen-bond donors (Lipinski definition) is 1. The second kappa shape index (κ2) is 9.24.